The number of likely N-dealkylation sites (N-methyl/N-ethyl adjacent to an activating group) is 1. The summed E-state index contributed by atoms with van der Waals surface area (Å²) in [5.74, 6) is -1.25. The van der Waals surface area contributed by atoms with Crippen molar-refractivity contribution in [1.29, 1.82) is 0 Å². The fraction of sp³-hybridized carbons (Fsp3) is 0.258. The first-order valence-electron chi connectivity index (χ1n) is 12.8. The number of rotatable bonds is 4. The van der Waals surface area contributed by atoms with Crippen LogP contribution in [-0.2, 0) is 5.41 Å². The fourth-order valence-electron chi connectivity index (χ4n) is 6.11. The first-order chi connectivity index (χ1) is 18.2. The molecule has 38 heavy (non-hydrogen) atoms. The van der Waals surface area contributed by atoms with Crippen LogP contribution in [0.4, 0.5) is 5.69 Å². The SMILES string of the molecule is CN1/C(=C\C2C(O)C(c3c(-c4ccccc4)[nH]n(-c4ccccc4)c3=O)C2O)C(C)(C)c2cc(Cl)ccc21. The van der Waals surface area contributed by atoms with E-state index in [4.69, 9.17) is 11.6 Å². The molecule has 1 aromatic heterocycles. The van der Waals surface area contributed by atoms with Gasteiger partial charge in [-0.1, -0.05) is 80.1 Å². The van der Waals surface area contributed by atoms with E-state index >= 15 is 0 Å². The monoisotopic (exact) mass is 527 g/mol. The van der Waals surface area contributed by atoms with Crippen LogP contribution < -0.4 is 10.5 Å². The van der Waals surface area contributed by atoms with Crippen LogP contribution in [0.3, 0.4) is 0 Å². The number of anilines is 1. The molecule has 6 nitrogen and oxygen atoms in total. The van der Waals surface area contributed by atoms with Gasteiger partial charge < -0.3 is 15.1 Å². The fourth-order valence-corrected chi connectivity index (χ4v) is 6.28. The van der Waals surface area contributed by atoms with E-state index in [1.807, 2.05) is 92.0 Å². The lowest BCUT2D eigenvalue weighted by atomic mass is 9.64. The quantitative estimate of drug-likeness (QED) is 0.339. The molecule has 0 amide bonds. The van der Waals surface area contributed by atoms with Gasteiger partial charge in [0.25, 0.3) is 5.56 Å². The Morgan fingerprint density at radius 3 is 2.24 bits per heavy atom. The maximum Gasteiger partial charge on any atom is 0.275 e. The van der Waals surface area contributed by atoms with Gasteiger partial charge in [-0.3, -0.25) is 9.89 Å². The smallest absolute Gasteiger partial charge is 0.275 e. The van der Waals surface area contributed by atoms with Crippen LogP contribution >= 0.6 is 11.6 Å². The Hall–Kier alpha value is -3.58. The molecule has 7 heteroatoms. The number of fused-ring (bicyclic) bond motifs is 1. The van der Waals surface area contributed by atoms with E-state index in [1.165, 1.54) is 4.68 Å². The Morgan fingerprint density at radius 1 is 0.947 bits per heavy atom. The van der Waals surface area contributed by atoms with Crippen LogP contribution in [0.1, 0.15) is 30.9 Å². The molecule has 1 fully saturated rings. The molecule has 1 saturated carbocycles. The third kappa shape index (κ3) is 3.67. The van der Waals surface area contributed by atoms with Crippen molar-refractivity contribution in [3.63, 3.8) is 0 Å². The molecule has 3 aromatic carbocycles. The van der Waals surface area contributed by atoms with Crippen LogP contribution in [0.2, 0.25) is 5.02 Å². The van der Waals surface area contributed by atoms with Crippen molar-refractivity contribution in [3.05, 3.63) is 117 Å². The molecule has 4 aromatic rings. The Balaban J connectivity index is 1.40. The molecule has 0 radical (unpaired) electrons. The number of aromatic amines is 1. The number of nitrogens with one attached hydrogen (secondary N) is 1. The zero-order valence-electron chi connectivity index (χ0n) is 21.5. The third-order valence-corrected chi connectivity index (χ3v) is 8.44. The Bertz CT molecular complexity index is 1580. The van der Waals surface area contributed by atoms with Crippen LogP contribution in [0.15, 0.2) is 95.4 Å². The Morgan fingerprint density at radius 2 is 1.58 bits per heavy atom. The van der Waals surface area contributed by atoms with Gasteiger partial charge in [0.05, 0.1) is 29.2 Å². The van der Waals surface area contributed by atoms with Gasteiger partial charge in [-0.25, -0.2) is 4.68 Å². The summed E-state index contributed by atoms with van der Waals surface area (Å²) in [6.45, 7) is 4.23. The highest BCUT2D eigenvalue weighted by molar-refractivity contribution is 6.30. The molecule has 2 aliphatic rings. The highest BCUT2D eigenvalue weighted by atomic mass is 35.5. The maximum atomic E-state index is 13.7. The van der Waals surface area contributed by atoms with Crippen molar-refractivity contribution in [3.8, 4) is 16.9 Å². The van der Waals surface area contributed by atoms with E-state index < -0.39 is 24.0 Å². The van der Waals surface area contributed by atoms with Gasteiger partial charge in [-0.05, 0) is 41.5 Å². The largest absolute Gasteiger partial charge is 0.392 e. The predicted octanol–water partition coefficient (Wildman–Crippen LogP) is 5.23. The average molecular weight is 528 g/mol. The van der Waals surface area contributed by atoms with Crippen LogP contribution in [0.25, 0.3) is 16.9 Å². The summed E-state index contributed by atoms with van der Waals surface area (Å²) in [7, 11) is 1.99. The highest BCUT2D eigenvalue weighted by Gasteiger charge is 2.52. The molecule has 194 valence electrons. The molecular formula is C31H30ClN3O3. The maximum absolute atomic E-state index is 13.7. The molecule has 2 heterocycles. The summed E-state index contributed by atoms with van der Waals surface area (Å²) in [4.78, 5) is 15.8. The second-order valence-corrected chi connectivity index (χ2v) is 11.2. The van der Waals surface area contributed by atoms with Crippen LogP contribution in [0, 0.1) is 5.92 Å². The topological polar surface area (TPSA) is 81.5 Å². The van der Waals surface area contributed by atoms with Gasteiger partial charge >= 0.3 is 0 Å². The van der Waals surface area contributed by atoms with E-state index in [0.717, 1.165) is 22.5 Å². The third-order valence-electron chi connectivity index (χ3n) is 8.21. The lowest BCUT2D eigenvalue weighted by Crippen LogP contribution is -2.54. The lowest BCUT2D eigenvalue weighted by molar-refractivity contribution is -0.0948. The number of hydrogen-bond acceptors (Lipinski definition) is 4. The summed E-state index contributed by atoms with van der Waals surface area (Å²) < 4.78 is 1.48. The predicted molar refractivity (Wildman–Crippen MR) is 151 cm³/mol. The van der Waals surface area contributed by atoms with Gasteiger partial charge in [0, 0.05) is 40.7 Å². The molecule has 3 N–H and O–H groups in total. The van der Waals surface area contributed by atoms with Crippen molar-refractivity contribution in [2.45, 2.75) is 37.4 Å². The number of aromatic nitrogens is 2. The van der Waals surface area contributed by atoms with E-state index in [1.54, 1.807) is 0 Å². The summed E-state index contributed by atoms with van der Waals surface area (Å²) in [5, 5.41) is 26.8. The summed E-state index contributed by atoms with van der Waals surface area (Å²) in [6.07, 6.45) is 0.109. The number of allylic oxidation sites excluding steroid dienone is 1. The van der Waals surface area contributed by atoms with Crippen LogP contribution in [0.5, 0.6) is 0 Å². The van der Waals surface area contributed by atoms with Gasteiger partial charge in [0.1, 0.15) is 0 Å². The molecule has 0 bridgehead atoms. The zero-order valence-corrected chi connectivity index (χ0v) is 22.2. The highest BCUT2D eigenvalue weighted by Crippen LogP contribution is 2.51. The molecule has 6 rings (SSSR count). The number of para-hydroxylation sites is 1. The van der Waals surface area contributed by atoms with E-state index in [2.05, 4.69) is 23.8 Å². The number of hydrogen-bond donors (Lipinski definition) is 3. The van der Waals surface area contributed by atoms with Gasteiger partial charge in [0.15, 0.2) is 0 Å². The molecule has 0 spiro atoms. The first-order valence-corrected chi connectivity index (χ1v) is 13.2. The zero-order chi connectivity index (χ0) is 26.8. The van der Waals surface area contributed by atoms with Crippen LogP contribution in [-0.4, -0.2) is 39.2 Å². The number of H-pyrrole nitrogens is 1. The van der Waals surface area contributed by atoms with Gasteiger partial charge in [0.2, 0.25) is 0 Å². The lowest BCUT2D eigenvalue weighted by Gasteiger charge is -2.45. The van der Waals surface area contributed by atoms with Crippen molar-refractivity contribution >= 4 is 17.3 Å². The summed E-state index contributed by atoms with van der Waals surface area (Å²) in [6, 6.07) is 24.7. The number of nitrogens with zero attached hydrogens (tertiary/aromatic N) is 2. The minimum Gasteiger partial charge on any atom is -0.392 e. The number of aliphatic hydroxyl groups is 2. The molecule has 1 aliphatic carbocycles. The van der Waals surface area contributed by atoms with E-state index in [0.29, 0.717) is 22.0 Å². The second kappa shape index (κ2) is 9.02. The van der Waals surface area contributed by atoms with Gasteiger partial charge in [-0.2, -0.15) is 0 Å². The number of aliphatic hydroxyl groups excluding tert-OH is 2. The standard InChI is InChI=1S/C31H30ClN3O3/c1-31(2)22-16-19(32)14-15-23(22)34(3)24(31)17-21-28(36)26(29(21)37)25-27(18-10-6-4-7-11-18)33-35(30(25)38)20-12-8-5-9-13-20/h4-17,21,26,28-29,33,36-37H,1-3H3/b24-17-. The van der Waals surface area contributed by atoms with Crippen molar-refractivity contribution in [2.24, 2.45) is 5.92 Å². The minimum absolute atomic E-state index is 0.274. The van der Waals surface area contributed by atoms with Crippen molar-refractivity contribution in [1.82, 2.24) is 9.78 Å². The van der Waals surface area contributed by atoms with Crippen molar-refractivity contribution in [2.75, 3.05) is 11.9 Å². The normalized spacial score (nSPS) is 24.9. The molecular weight excluding hydrogens is 498 g/mol. The second-order valence-electron chi connectivity index (χ2n) is 10.7. The Labute approximate surface area is 226 Å². The van der Waals surface area contributed by atoms with E-state index in [-0.39, 0.29) is 11.0 Å². The van der Waals surface area contributed by atoms with E-state index in [9.17, 15) is 15.0 Å². The number of halogens is 1. The molecule has 2 atom stereocenters. The van der Waals surface area contributed by atoms with Gasteiger partial charge in [-0.15, -0.1) is 0 Å². The molecule has 0 saturated heterocycles. The molecule has 1 aliphatic heterocycles. The number of benzene rings is 3. The summed E-state index contributed by atoms with van der Waals surface area (Å²) >= 11 is 6.30. The first kappa shape index (κ1) is 24.7. The average Bonchev–Trinajstić information content (AvgIpc) is 3.34. The van der Waals surface area contributed by atoms with Crippen molar-refractivity contribution < 1.29 is 10.2 Å². The minimum atomic E-state index is -0.927. The molecule has 2 unspecified atom stereocenters. The summed E-state index contributed by atoms with van der Waals surface area (Å²) in [5.41, 5.74) is 5.00. The Kier molecular flexibility index (Phi) is 5.87.